The van der Waals surface area contributed by atoms with Crippen LogP contribution in [0.3, 0.4) is 0 Å². The van der Waals surface area contributed by atoms with Gasteiger partial charge in [-0.3, -0.25) is 14.7 Å². The summed E-state index contributed by atoms with van der Waals surface area (Å²) in [5.41, 5.74) is 2.37. The van der Waals surface area contributed by atoms with Crippen LogP contribution < -0.4 is 4.74 Å². The average molecular weight is 428 g/mol. The third-order valence-electron chi connectivity index (χ3n) is 5.99. The number of carbonyl (C=O) groups excluding carboxylic acids is 1. The fraction of sp³-hybridized carbons (Fsp3) is 0.500. The molecular weight excluding hydrogens is 394 g/mol. The highest BCUT2D eigenvalue weighted by molar-refractivity contribution is 7.99. The molecule has 0 aliphatic carbocycles. The van der Waals surface area contributed by atoms with Gasteiger partial charge in [0.1, 0.15) is 5.75 Å². The van der Waals surface area contributed by atoms with Gasteiger partial charge in [-0.2, -0.15) is 11.8 Å². The van der Waals surface area contributed by atoms with Crippen molar-refractivity contribution in [1.29, 1.82) is 0 Å². The van der Waals surface area contributed by atoms with Gasteiger partial charge in [-0.05, 0) is 68.3 Å². The maximum Gasteiger partial charge on any atom is 0.232 e. The van der Waals surface area contributed by atoms with Crippen LogP contribution in [-0.4, -0.2) is 66.0 Å². The van der Waals surface area contributed by atoms with Crippen LogP contribution in [0, 0.1) is 5.92 Å². The van der Waals surface area contributed by atoms with Gasteiger partial charge in [0.2, 0.25) is 5.91 Å². The van der Waals surface area contributed by atoms with E-state index in [1.807, 2.05) is 35.6 Å². The predicted octanol–water partition coefficient (Wildman–Crippen LogP) is 3.73. The van der Waals surface area contributed by atoms with Crippen LogP contribution in [0.15, 0.2) is 48.7 Å². The Morgan fingerprint density at radius 2 is 2.07 bits per heavy atom. The Kier molecular flexibility index (Phi) is 8.58. The number of benzene rings is 1. The van der Waals surface area contributed by atoms with Gasteiger partial charge in [0, 0.05) is 31.9 Å². The molecule has 1 aliphatic rings. The molecule has 5 nitrogen and oxygen atoms in total. The third kappa shape index (κ3) is 6.22. The first kappa shape index (κ1) is 22.6. The lowest BCUT2D eigenvalue weighted by Crippen LogP contribution is -2.47. The lowest BCUT2D eigenvalue weighted by atomic mass is 9.85. The van der Waals surface area contributed by atoms with E-state index in [0.717, 1.165) is 50.3 Å². The van der Waals surface area contributed by atoms with Crippen LogP contribution in [0.4, 0.5) is 0 Å². The van der Waals surface area contributed by atoms with E-state index in [2.05, 4.69) is 41.2 Å². The van der Waals surface area contributed by atoms with E-state index >= 15 is 0 Å². The van der Waals surface area contributed by atoms with Gasteiger partial charge < -0.3 is 9.64 Å². The zero-order chi connectivity index (χ0) is 21.3. The quantitative estimate of drug-likeness (QED) is 0.610. The SMILES string of the molecule is COc1cccc(C[C@H](C2CCN(C(=O)CSC)CC2)N(C)Cc2ccccn2)c1. The number of amides is 1. The van der Waals surface area contributed by atoms with E-state index < -0.39 is 0 Å². The van der Waals surface area contributed by atoms with E-state index in [-0.39, 0.29) is 5.91 Å². The smallest absolute Gasteiger partial charge is 0.232 e. The van der Waals surface area contributed by atoms with Crippen molar-refractivity contribution in [1.82, 2.24) is 14.8 Å². The zero-order valence-electron chi connectivity index (χ0n) is 18.3. The Hall–Kier alpha value is -2.05. The minimum Gasteiger partial charge on any atom is -0.497 e. The molecule has 0 N–H and O–H groups in total. The number of methoxy groups -OCH3 is 1. The molecular formula is C24H33N3O2S. The van der Waals surface area contributed by atoms with Crippen molar-refractivity contribution in [2.45, 2.75) is 31.8 Å². The highest BCUT2D eigenvalue weighted by Crippen LogP contribution is 2.28. The first-order valence-corrected chi connectivity index (χ1v) is 12.0. The van der Waals surface area contributed by atoms with Crippen molar-refractivity contribution in [2.75, 3.05) is 39.3 Å². The van der Waals surface area contributed by atoms with Crippen LogP contribution >= 0.6 is 11.8 Å². The molecule has 1 amide bonds. The standard InChI is InChI=1S/C24H33N3O2S/c1-26(17-21-8-4-5-12-25-21)23(16-19-7-6-9-22(15-19)29-2)20-10-13-27(14-11-20)24(28)18-30-3/h4-9,12,15,20,23H,10-11,13-14,16-18H2,1-3H3/t23-/m1/s1. The molecule has 2 aromatic rings. The highest BCUT2D eigenvalue weighted by atomic mass is 32.2. The lowest BCUT2D eigenvalue weighted by molar-refractivity contribution is -0.130. The Labute approximate surface area is 184 Å². The van der Waals surface area contributed by atoms with Gasteiger partial charge in [-0.25, -0.2) is 0 Å². The molecule has 0 radical (unpaired) electrons. The summed E-state index contributed by atoms with van der Waals surface area (Å²) in [5, 5.41) is 0. The summed E-state index contributed by atoms with van der Waals surface area (Å²) in [7, 11) is 3.91. The molecule has 3 rings (SSSR count). The van der Waals surface area contributed by atoms with Crippen LogP contribution in [0.25, 0.3) is 0 Å². The molecule has 6 heteroatoms. The van der Waals surface area contributed by atoms with Crippen LogP contribution in [0.1, 0.15) is 24.1 Å². The summed E-state index contributed by atoms with van der Waals surface area (Å²) in [6.45, 7) is 2.54. The first-order chi connectivity index (χ1) is 14.6. The summed E-state index contributed by atoms with van der Waals surface area (Å²) < 4.78 is 5.43. The van der Waals surface area contributed by atoms with Gasteiger partial charge in [-0.1, -0.05) is 18.2 Å². The van der Waals surface area contributed by atoms with E-state index in [9.17, 15) is 4.79 Å². The highest BCUT2D eigenvalue weighted by Gasteiger charge is 2.31. The molecule has 0 spiro atoms. The molecule has 1 aliphatic heterocycles. The van der Waals surface area contributed by atoms with E-state index in [1.54, 1.807) is 18.9 Å². The number of likely N-dealkylation sites (tertiary alicyclic amines) is 1. The van der Waals surface area contributed by atoms with E-state index in [4.69, 9.17) is 4.74 Å². The third-order valence-corrected chi connectivity index (χ3v) is 6.52. The number of ether oxygens (including phenoxy) is 1. The molecule has 162 valence electrons. The summed E-state index contributed by atoms with van der Waals surface area (Å²) >= 11 is 1.60. The monoisotopic (exact) mass is 427 g/mol. The Bertz CT molecular complexity index is 794. The minimum absolute atomic E-state index is 0.270. The number of aromatic nitrogens is 1. The number of thioether (sulfide) groups is 1. The van der Waals surface area contributed by atoms with Gasteiger partial charge in [0.25, 0.3) is 0 Å². The number of rotatable bonds is 9. The molecule has 1 saturated heterocycles. The first-order valence-electron chi connectivity index (χ1n) is 10.6. The van der Waals surface area contributed by atoms with Gasteiger partial charge >= 0.3 is 0 Å². The van der Waals surface area contributed by atoms with Gasteiger partial charge in [0.15, 0.2) is 0 Å². The number of pyridine rings is 1. The van der Waals surface area contributed by atoms with E-state index in [1.165, 1.54) is 5.56 Å². The second-order valence-electron chi connectivity index (χ2n) is 8.01. The second-order valence-corrected chi connectivity index (χ2v) is 8.88. The van der Waals surface area contributed by atoms with Crippen molar-refractivity contribution in [3.05, 3.63) is 59.9 Å². The number of nitrogens with zero attached hydrogens (tertiary/aromatic N) is 3. The topological polar surface area (TPSA) is 45.7 Å². The van der Waals surface area contributed by atoms with E-state index in [0.29, 0.717) is 17.7 Å². The summed E-state index contributed by atoms with van der Waals surface area (Å²) in [4.78, 5) is 21.3. The Morgan fingerprint density at radius 3 is 2.73 bits per heavy atom. The van der Waals surface area contributed by atoms with Crippen molar-refractivity contribution in [2.24, 2.45) is 5.92 Å². The van der Waals surface area contributed by atoms with Crippen molar-refractivity contribution in [3.63, 3.8) is 0 Å². The molecule has 0 saturated carbocycles. The fourth-order valence-electron chi connectivity index (χ4n) is 4.34. The molecule has 1 aromatic heterocycles. The molecule has 0 bridgehead atoms. The molecule has 1 fully saturated rings. The number of piperidine rings is 1. The minimum atomic E-state index is 0.270. The van der Waals surface area contributed by atoms with Crippen molar-refractivity contribution in [3.8, 4) is 5.75 Å². The molecule has 1 atom stereocenters. The van der Waals surface area contributed by atoms with Crippen molar-refractivity contribution < 1.29 is 9.53 Å². The summed E-state index contributed by atoms with van der Waals surface area (Å²) in [6.07, 6.45) is 6.89. The number of hydrogen-bond donors (Lipinski definition) is 0. The number of likely N-dealkylation sites (N-methyl/N-ethyl adjacent to an activating group) is 1. The second kappa shape index (κ2) is 11.4. The summed E-state index contributed by atoms with van der Waals surface area (Å²) in [5.74, 6) is 2.30. The Balaban J connectivity index is 1.72. The number of hydrogen-bond acceptors (Lipinski definition) is 5. The van der Waals surface area contributed by atoms with Crippen LogP contribution in [-0.2, 0) is 17.8 Å². The maximum atomic E-state index is 12.3. The largest absolute Gasteiger partial charge is 0.497 e. The van der Waals surface area contributed by atoms with Crippen molar-refractivity contribution >= 4 is 17.7 Å². The predicted molar refractivity (Wildman–Crippen MR) is 124 cm³/mol. The van der Waals surface area contributed by atoms with Gasteiger partial charge in [0.05, 0.1) is 18.6 Å². The molecule has 2 heterocycles. The number of carbonyl (C=O) groups is 1. The Morgan fingerprint density at radius 1 is 1.27 bits per heavy atom. The average Bonchev–Trinajstić information content (AvgIpc) is 2.78. The van der Waals surface area contributed by atoms with Gasteiger partial charge in [-0.15, -0.1) is 0 Å². The summed E-state index contributed by atoms with van der Waals surface area (Å²) in [6, 6.07) is 14.8. The fourth-order valence-corrected chi connectivity index (χ4v) is 4.77. The normalized spacial score (nSPS) is 15.9. The maximum absolute atomic E-state index is 12.3. The molecule has 1 aromatic carbocycles. The lowest BCUT2D eigenvalue weighted by Gasteiger charge is -2.40. The zero-order valence-corrected chi connectivity index (χ0v) is 19.1. The van der Waals surface area contributed by atoms with Crippen LogP contribution in [0.5, 0.6) is 5.75 Å². The van der Waals surface area contributed by atoms with Crippen LogP contribution in [0.2, 0.25) is 0 Å². The molecule has 30 heavy (non-hydrogen) atoms. The molecule has 0 unspecified atom stereocenters.